The highest BCUT2D eigenvalue weighted by atomic mass is 16.5. The molecule has 2 atom stereocenters. The van der Waals surface area contributed by atoms with Gasteiger partial charge in [-0.1, -0.05) is 25.1 Å². The van der Waals surface area contributed by atoms with Crippen LogP contribution < -0.4 is 5.32 Å². The van der Waals surface area contributed by atoms with Crippen molar-refractivity contribution in [2.75, 3.05) is 19.8 Å². The number of para-hydroxylation sites is 1. The first-order valence-corrected chi connectivity index (χ1v) is 8.09. The molecule has 114 valence electrons. The third kappa shape index (κ3) is 3.14. The maximum Gasteiger partial charge on any atom is 0.137 e. The molecule has 0 spiro atoms. The highest BCUT2D eigenvalue weighted by Gasteiger charge is 2.28. The molecule has 1 aromatic carbocycles. The lowest BCUT2D eigenvalue weighted by molar-refractivity contribution is 0.0358. The van der Waals surface area contributed by atoms with Crippen LogP contribution in [0.5, 0.6) is 0 Å². The molecule has 0 aliphatic carbocycles. The van der Waals surface area contributed by atoms with Crippen molar-refractivity contribution in [2.24, 2.45) is 5.92 Å². The molecular weight excluding hydrogens is 262 g/mol. The predicted molar refractivity (Wildman–Crippen MR) is 85.5 cm³/mol. The van der Waals surface area contributed by atoms with Gasteiger partial charge in [-0.05, 0) is 44.4 Å². The first-order valence-electron chi connectivity index (χ1n) is 8.09. The molecule has 1 aromatic heterocycles. The second-order valence-electron chi connectivity index (χ2n) is 6.05. The molecule has 1 fully saturated rings. The predicted octanol–water partition coefficient (Wildman–Crippen LogP) is 4.21. The van der Waals surface area contributed by atoms with Gasteiger partial charge in [-0.2, -0.15) is 0 Å². The fourth-order valence-electron chi connectivity index (χ4n) is 3.21. The molecular formula is C18H25NO2. The normalized spacial score (nSPS) is 20.8. The summed E-state index contributed by atoms with van der Waals surface area (Å²) in [5.41, 5.74) is 2.22. The van der Waals surface area contributed by atoms with E-state index in [1.165, 1.54) is 17.4 Å². The van der Waals surface area contributed by atoms with Crippen molar-refractivity contribution < 1.29 is 9.15 Å². The molecule has 2 unspecified atom stereocenters. The minimum absolute atomic E-state index is 0.261. The summed E-state index contributed by atoms with van der Waals surface area (Å²) < 4.78 is 11.9. The van der Waals surface area contributed by atoms with Gasteiger partial charge in [-0.3, -0.25) is 0 Å². The number of hydrogen-bond acceptors (Lipinski definition) is 3. The van der Waals surface area contributed by atoms with Gasteiger partial charge in [0.1, 0.15) is 11.3 Å². The lowest BCUT2D eigenvalue weighted by Gasteiger charge is -2.29. The fourth-order valence-corrected chi connectivity index (χ4v) is 3.21. The van der Waals surface area contributed by atoms with Gasteiger partial charge >= 0.3 is 0 Å². The average Bonchev–Trinajstić information content (AvgIpc) is 2.94. The standard InChI is InChI=1S/C18H25NO2/c1-3-9-19-17(15-8-5-10-20-12-15)16-11-14-7-4-6-13(2)18(14)21-16/h4,6-7,11,15,17,19H,3,5,8-10,12H2,1-2H3. The van der Waals surface area contributed by atoms with E-state index in [1.807, 2.05) is 0 Å². The van der Waals surface area contributed by atoms with Crippen LogP contribution in [-0.4, -0.2) is 19.8 Å². The van der Waals surface area contributed by atoms with E-state index in [0.29, 0.717) is 5.92 Å². The van der Waals surface area contributed by atoms with E-state index in [0.717, 1.165) is 43.9 Å². The Morgan fingerprint density at radius 3 is 3.00 bits per heavy atom. The first-order chi connectivity index (χ1) is 10.3. The van der Waals surface area contributed by atoms with Gasteiger partial charge in [-0.25, -0.2) is 0 Å². The molecule has 21 heavy (non-hydrogen) atoms. The highest BCUT2D eigenvalue weighted by molar-refractivity contribution is 5.81. The molecule has 0 radical (unpaired) electrons. The minimum Gasteiger partial charge on any atom is -0.459 e. The van der Waals surface area contributed by atoms with Gasteiger partial charge in [0.05, 0.1) is 12.6 Å². The summed E-state index contributed by atoms with van der Waals surface area (Å²) in [6, 6.07) is 8.79. The monoisotopic (exact) mass is 287 g/mol. The van der Waals surface area contributed by atoms with Crippen LogP contribution in [0.25, 0.3) is 11.0 Å². The van der Waals surface area contributed by atoms with E-state index in [9.17, 15) is 0 Å². The number of ether oxygens (including phenoxy) is 1. The number of aryl methyl sites for hydroxylation is 1. The molecule has 0 saturated carbocycles. The van der Waals surface area contributed by atoms with Crippen molar-refractivity contribution in [1.82, 2.24) is 5.32 Å². The van der Waals surface area contributed by atoms with Crippen LogP contribution in [-0.2, 0) is 4.74 Å². The van der Waals surface area contributed by atoms with Gasteiger partial charge in [0.2, 0.25) is 0 Å². The van der Waals surface area contributed by atoms with E-state index in [1.54, 1.807) is 0 Å². The number of fused-ring (bicyclic) bond motifs is 1. The molecule has 0 bridgehead atoms. The van der Waals surface area contributed by atoms with Crippen molar-refractivity contribution in [1.29, 1.82) is 0 Å². The quantitative estimate of drug-likeness (QED) is 0.894. The van der Waals surface area contributed by atoms with Gasteiger partial charge in [0.15, 0.2) is 0 Å². The van der Waals surface area contributed by atoms with Gasteiger partial charge in [0, 0.05) is 17.9 Å². The van der Waals surface area contributed by atoms with Gasteiger partial charge in [-0.15, -0.1) is 0 Å². The third-order valence-electron chi connectivity index (χ3n) is 4.35. The molecule has 0 amide bonds. The number of benzene rings is 1. The molecule has 1 saturated heterocycles. The molecule has 3 heteroatoms. The zero-order valence-corrected chi connectivity index (χ0v) is 13.0. The van der Waals surface area contributed by atoms with Crippen molar-refractivity contribution in [3.05, 3.63) is 35.6 Å². The van der Waals surface area contributed by atoms with E-state index in [4.69, 9.17) is 9.15 Å². The Balaban J connectivity index is 1.90. The van der Waals surface area contributed by atoms with Crippen molar-refractivity contribution in [3.8, 4) is 0 Å². The number of nitrogens with one attached hydrogen (secondary N) is 1. The van der Waals surface area contributed by atoms with Crippen LogP contribution in [0.2, 0.25) is 0 Å². The SMILES string of the molecule is CCCNC(c1cc2cccc(C)c2o1)C1CCCOC1. The Kier molecular flexibility index (Phi) is 4.61. The maximum absolute atomic E-state index is 6.19. The Labute approximate surface area is 126 Å². The van der Waals surface area contributed by atoms with Crippen LogP contribution in [0.15, 0.2) is 28.7 Å². The molecule has 2 heterocycles. The van der Waals surface area contributed by atoms with Gasteiger partial charge in [0.25, 0.3) is 0 Å². The van der Waals surface area contributed by atoms with Gasteiger partial charge < -0.3 is 14.5 Å². The molecule has 1 aliphatic rings. The number of furan rings is 1. The van der Waals surface area contributed by atoms with Crippen LogP contribution in [0.1, 0.15) is 43.6 Å². The maximum atomic E-state index is 6.19. The minimum atomic E-state index is 0.261. The molecule has 3 rings (SSSR count). The Morgan fingerprint density at radius 2 is 2.29 bits per heavy atom. The largest absolute Gasteiger partial charge is 0.459 e. The summed E-state index contributed by atoms with van der Waals surface area (Å²) in [5.74, 6) is 1.56. The smallest absolute Gasteiger partial charge is 0.137 e. The van der Waals surface area contributed by atoms with E-state index in [-0.39, 0.29) is 6.04 Å². The summed E-state index contributed by atoms with van der Waals surface area (Å²) in [4.78, 5) is 0. The summed E-state index contributed by atoms with van der Waals surface area (Å²) in [7, 11) is 0. The number of rotatable bonds is 5. The van der Waals surface area contributed by atoms with E-state index < -0.39 is 0 Å². The van der Waals surface area contributed by atoms with E-state index >= 15 is 0 Å². The van der Waals surface area contributed by atoms with Crippen molar-refractivity contribution >= 4 is 11.0 Å². The Hall–Kier alpha value is -1.32. The first kappa shape index (κ1) is 14.6. The topological polar surface area (TPSA) is 34.4 Å². The summed E-state index contributed by atoms with van der Waals surface area (Å²) >= 11 is 0. The number of hydrogen-bond donors (Lipinski definition) is 1. The van der Waals surface area contributed by atoms with Crippen LogP contribution in [0, 0.1) is 12.8 Å². The highest BCUT2D eigenvalue weighted by Crippen LogP contribution is 2.33. The lowest BCUT2D eigenvalue weighted by Crippen LogP contribution is -2.33. The summed E-state index contributed by atoms with van der Waals surface area (Å²) in [5, 5.41) is 4.86. The van der Waals surface area contributed by atoms with E-state index in [2.05, 4.69) is 43.4 Å². The Bertz CT molecular complexity index is 584. The van der Waals surface area contributed by atoms with Crippen molar-refractivity contribution in [3.63, 3.8) is 0 Å². The zero-order chi connectivity index (χ0) is 14.7. The molecule has 2 aromatic rings. The van der Waals surface area contributed by atoms with Crippen LogP contribution in [0.3, 0.4) is 0 Å². The second kappa shape index (κ2) is 6.63. The molecule has 3 nitrogen and oxygen atoms in total. The zero-order valence-electron chi connectivity index (χ0n) is 13.0. The summed E-state index contributed by atoms with van der Waals surface area (Å²) in [6.45, 7) is 7.04. The second-order valence-corrected chi connectivity index (χ2v) is 6.05. The van der Waals surface area contributed by atoms with Crippen LogP contribution >= 0.6 is 0 Å². The molecule has 1 N–H and O–H groups in total. The van der Waals surface area contributed by atoms with Crippen LogP contribution in [0.4, 0.5) is 0 Å². The summed E-state index contributed by atoms with van der Waals surface area (Å²) in [6.07, 6.45) is 3.48. The third-order valence-corrected chi connectivity index (χ3v) is 4.35. The lowest BCUT2D eigenvalue weighted by atomic mass is 9.92. The average molecular weight is 287 g/mol. The fraction of sp³-hybridized carbons (Fsp3) is 0.556. The van der Waals surface area contributed by atoms with Crippen molar-refractivity contribution in [2.45, 2.75) is 39.2 Å². The Morgan fingerprint density at radius 1 is 1.38 bits per heavy atom. The molecule has 1 aliphatic heterocycles.